The number of rotatable bonds is 4. The van der Waals surface area contributed by atoms with Crippen LogP contribution in [0.1, 0.15) is 24.8 Å². The topological polar surface area (TPSA) is 55.1 Å². The average molecular weight is 230 g/mol. The maximum absolute atomic E-state index is 11.8. The molecule has 0 radical (unpaired) electrons. The lowest BCUT2D eigenvalue weighted by Gasteiger charge is -2.09. The number of carbonyl (C=O) groups is 1. The zero-order chi connectivity index (χ0) is 12.1. The molecular weight excluding hydrogens is 212 g/mol. The van der Waals surface area contributed by atoms with E-state index < -0.39 is 0 Å². The molecule has 0 aromatic heterocycles. The molecule has 3 N–H and O–H groups in total. The van der Waals surface area contributed by atoms with Gasteiger partial charge in [-0.25, -0.2) is 0 Å². The lowest BCUT2D eigenvalue weighted by molar-refractivity contribution is -0.116. The Morgan fingerprint density at radius 2 is 2.35 bits per heavy atom. The zero-order valence-electron chi connectivity index (χ0n) is 9.86. The van der Waals surface area contributed by atoms with Gasteiger partial charge in [0.05, 0.1) is 0 Å². The summed E-state index contributed by atoms with van der Waals surface area (Å²) < 4.78 is 0. The van der Waals surface area contributed by atoms with Gasteiger partial charge in [0.1, 0.15) is 0 Å². The maximum Gasteiger partial charge on any atom is 0.224 e. The molecule has 0 heterocycles. The molecule has 0 spiro atoms. The molecule has 0 saturated heterocycles. The van der Waals surface area contributed by atoms with E-state index >= 15 is 0 Å². The monoisotopic (exact) mass is 230 g/mol. The van der Waals surface area contributed by atoms with Crippen LogP contribution in [0.25, 0.3) is 0 Å². The standard InChI is InChI=1S/C14H18N2O/c15-10-12-6-3-7-13(8-12)16-14(17)9-11-4-1-2-5-11/h1,3-4,6-8,11H,2,5,9-10,15H2,(H,16,17). The van der Waals surface area contributed by atoms with Gasteiger partial charge in [-0.2, -0.15) is 0 Å². The lowest BCUT2D eigenvalue weighted by Crippen LogP contribution is -2.15. The van der Waals surface area contributed by atoms with E-state index in [4.69, 9.17) is 5.73 Å². The van der Waals surface area contributed by atoms with Gasteiger partial charge in [0.15, 0.2) is 0 Å². The number of nitrogens with two attached hydrogens (primary N) is 1. The third-order valence-electron chi connectivity index (χ3n) is 3.01. The minimum absolute atomic E-state index is 0.0794. The molecule has 1 amide bonds. The molecule has 0 bridgehead atoms. The largest absolute Gasteiger partial charge is 0.326 e. The zero-order valence-corrected chi connectivity index (χ0v) is 9.86. The van der Waals surface area contributed by atoms with Crippen molar-refractivity contribution in [2.45, 2.75) is 25.8 Å². The van der Waals surface area contributed by atoms with Crippen molar-refractivity contribution in [3.8, 4) is 0 Å². The first-order valence-electron chi connectivity index (χ1n) is 6.03. The van der Waals surface area contributed by atoms with E-state index in [2.05, 4.69) is 17.5 Å². The van der Waals surface area contributed by atoms with Gasteiger partial charge < -0.3 is 11.1 Å². The Morgan fingerprint density at radius 1 is 1.47 bits per heavy atom. The highest BCUT2D eigenvalue weighted by Gasteiger charge is 2.13. The van der Waals surface area contributed by atoms with Crippen molar-refractivity contribution in [3.63, 3.8) is 0 Å². The molecular formula is C14H18N2O. The minimum Gasteiger partial charge on any atom is -0.326 e. The van der Waals surface area contributed by atoms with Crippen LogP contribution in [0.3, 0.4) is 0 Å². The van der Waals surface area contributed by atoms with E-state index in [1.807, 2.05) is 24.3 Å². The van der Waals surface area contributed by atoms with E-state index in [1.54, 1.807) is 0 Å². The summed E-state index contributed by atoms with van der Waals surface area (Å²) in [5.74, 6) is 0.489. The Hall–Kier alpha value is -1.61. The summed E-state index contributed by atoms with van der Waals surface area (Å²) in [6.07, 6.45) is 7.04. The summed E-state index contributed by atoms with van der Waals surface area (Å²) in [6, 6.07) is 7.67. The van der Waals surface area contributed by atoms with Crippen LogP contribution < -0.4 is 11.1 Å². The number of benzene rings is 1. The van der Waals surface area contributed by atoms with Gasteiger partial charge in [-0.05, 0) is 36.5 Å². The van der Waals surface area contributed by atoms with Gasteiger partial charge in [-0.3, -0.25) is 4.79 Å². The van der Waals surface area contributed by atoms with E-state index in [9.17, 15) is 4.79 Å². The van der Waals surface area contributed by atoms with Crippen LogP contribution in [0, 0.1) is 5.92 Å². The van der Waals surface area contributed by atoms with E-state index in [-0.39, 0.29) is 5.91 Å². The minimum atomic E-state index is 0.0794. The molecule has 17 heavy (non-hydrogen) atoms. The Morgan fingerprint density at radius 3 is 3.06 bits per heavy atom. The highest BCUT2D eigenvalue weighted by Crippen LogP contribution is 2.21. The molecule has 1 aliphatic rings. The molecule has 3 nitrogen and oxygen atoms in total. The van der Waals surface area contributed by atoms with Crippen molar-refractivity contribution in [1.82, 2.24) is 0 Å². The predicted octanol–water partition coefficient (Wildman–Crippen LogP) is 2.44. The highest BCUT2D eigenvalue weighted by molar-refractivity contribution is 5.91. The fourth-order valence-corrected chi connectivity index (χ4v) is 2.09. The first-order valence-corrected chi connectivity index (χ1v) is 6.03. The molecule has 0 saturated carbocycles. The number of carbonyl (C=O) groups excluding carboxylic acids is 1. The molecule has 1 aromatic carbocycles. The normalized spacial score (nSPS) is 18.3. The van der Waals surface area contributed by atoms with E-state index in [1.165, 1.54) is 0 Å². The SMILES string of the molecule is NCc1cccc(NC(=O)CC2C=CCC2)c1. The van der Waals surface area contributed by atoms with Crippen molar-refractivity contribution >= 4 is 11.6 Å². The first kappa shape index (κ1) is 11.9. The van der Waals surface area contributed by atoms with E-state index in [0.717, 1.165) is 24.1 Å². The lowest BCUT2D eigenvalue weighted by atomic mass is 10.0. The van der Waals surface area contributed by atoms with Crippen molar-refractivity contribution in [1.29, 1.82) is 0 Å². The Kier molecular flexibility index (Phi) is 3.94. The number of hydrogen-bond donors (Lipinski definition) is 2. The molecule has 1 unspecified atom stereocenters. The number of hydrogen-bond acceptors (Lipinski definition) is 2. The Balaban J connectivity index is 1.90. The number of anilines is 1. The smallest absolute Gasteiger partial charge is 0.224 e. The molecule has 90 valence electrons. The summed E-state index contributed by atoms with van der Waals surface area (Å²) in [4.78, 5) is 11.8. The summed E-state index contributed by atoms with van der Waals surface area (Å²) >= 11 is 0. The molecule has 0 aliphatic heterocycles. The maximum atomic E-state index is 11.8. The van der Waals surface area contributed by atoms with E-state index in [0.29, 0.717) is 18.9 Å². The van der Waals surface area contributed by atoms with Crippen LogP contribution in [-0.2, 0) is 11.3 Å². The third kappa shape index (κ3) is 3.43. The first-order chi connectivity index (χ1) is 8.28. The van der Waals surface area contributed by atoms with Gasteiger partial charge in [0, 0.05) is 18.7 Å². The van der Waals surface area contributed by atoms with Gasteiger partial charge in [-0.1, -0.05) is 24.3 Å². The molecule has 1 atom stereocenters. The van der Waals surface area contributed by atoms with Crippen LogP contribution >= 0.6 is 0 Å². The van der Waals surface area contributed by atoms with Crippen molar-refractivity contribution in [2.75, 3.05) is 5.32 Å². The van der Waals surface area contributed by atoms with Crippen LogP contribution in [0.2, 0.25) is 0 Å². The second-order valence-electron chi connectivity index (χ2n) is 4.42. The molecule has 1 aliphatic carbocycles. The summed E-state index contributed by atoms with van der Waals surface area (Å²) in [7, 11) is 0. The number of allylic oxidation sites excluding steroid dienone is 2. The van der Waals surface area contributed by atoms with Crippen LogP contribution in [0.5, 0.6) is 0 Å². The third-order valence-corrected chi connectivity index (χ3v) is 3.01. The second kappa shape index (κ2) is 5.64. The highest BCUT2D eigenvalue weighted by atomic mass is 16.1. The number of amides is 1. The van der Waals surface area contributed by atoms with Crippen molar-refractivity contribution in [2.24, 2.45) is 11.7 Å². The van der Waals surface area contributed by atoms with Crippen molar-refractivity contribution in [3.05, 3.63) is 42.0 Å². The fraction of sp³-hybridized carbons (Fsp3) is 0.357. The quantitative estimate of drug-likeness (QED) is 0.780. The van der Waals surface area contributed by atoms with Gasteiger partial charge in [-0.15, -0.1) is 0 Å². The van der Waals surface area contributed by atoms with Crippen LogP contribution in [0.4, 0.5) is 5.69 Å². The summed E-state index contributed by atoms with van der Waals surface area (Å²) in [6.45, 7) is 0.495. The second-order valence-corrected chi connectivity index (χ2v) is 4.42. The molecule has 3 heteroatoms. The Bertz CT molecular complexity index is 426. The average Bonchev–Trinajstić information content (AvgIpc) is 2.82. The summed E-state index contributed by atoms with van der Waals surface area (Å²) in [5, 5.41) is 2.92. The Labute approximate surface area is 102 Å². The molecule has 2 rings (SSSR count). The van der Waals surface area contributed by atoms with Crippen molar-refractivity contribution < 1.29 is 4.79 Å². The predicted molar refractivity (Wildman–Crippen MR) is 69.4 cm³/mol. The van der Waals surface area contributed by atoms with Gasteiger partial charge in [0.25, 0.3) is 0 Å². The molecule has 0 fully saturated rings. The van der Waals surface area contributed by atoms with Gasteiger partial charge in [0.2, 0.25) is 5.91 Å². The van der Waals surface area contributed by atoms with Crippen LogP contribution in [-0.4, -0.2) is 5.91 Å². The number of nitrogens with one attached hydrogen (secondary N) is 1. The summed E-state index contributed by atoms with van der Waals surface area (Å²) in [5.41, 5.74) is 7.42. The fourth-order valence-electron chi connectivity index (χ4n) is 2.09. The van der Waals surface area contributed by atoms with Crippen LogP contribution in [0.15, 0.2) is 36.4 Å². The molecule has 1 aromatic rings. The van der Waals surface area contributed by atoms with Gasteiger partial charge >= 0.3 is 0 Å².